The number of benzene rings is 1. The minimum Gasteiger partial charge on any atom is -0.464 e. The molecule has 0 radical (unpaired) electrons. The molecule has 1 aliphatic rings. The third kappa shape index (κ3) is 4.43. The van der Waals surface area contributed by atoms with Crippen LogP contribution in [0.5, 0.6) is 0 Å². The zero-order valence-corrected chi connectivity index (χ0v) is 15.7. The van der Waals surface area contributed by atoms with Crippen LogP contribution >= 0.6 is 0 Å². The first kappa shape index (κ1) is 20.4. The highest BCUT2D eigenvalue weighted by Gasteiger charge is 2.37. The molecule has 0 fully saturated rings. The number of esters is 1. The number of allylic oxidation sites excluding steroid dienone is 1. The van der Waals surface area contributed by atoms with Crippen molar-refractivity contribution in [2.75, 3.05) is 20.8 Å². The van der Waals surface area contributed by atoms with E-state index in [-0.39, 0.29) is 24.0 Å². The van der Waals surface area contributed by atoms with E-state index in [1.54, 1.807) is 26.1 Å². The maximum atomic E-state index is 12.5. The summed E-state index contributed by atoms with van der Waals surface area (Å²) >= 11 is 0. The Bertz CT molecular complexity index is 808. The fraction of sp³-hybridized carbons (Fsp3) is 0.350. The number of methoxy groups -OCH3 is 1. The number of nitrogens with zero attached hydrogens (tertiary/aromatic N) is 1. The molecule has 2 rings (SSSR count). The van der Waals surface area contributed by atoms with Gasteiger partial charge in [0.15, 0.2) is 5.78 Å². The van der Waals surface area contributed by atoms with Crippen molar-refractivity contribution in [1.29, 1.82) is 0 Å². The number of ether oxygens (including phenoxy) is 1. The second-order valence-electron chi connectivity index (χ2n) is 6.41. The summed E-state index contributed by atoms with van der Waals surface area (Å²) in [6, 6.07) is 7.30. The van der Waals surface area contributed by atoms with E-state index >= 15 is 0 Å². The molecule has 0 aliphatic carbocycles. The first-order chi connectivity index (χ1) is 12.8. The third-order valence-corrected chi connectivity index (χ3v) is 4.79. The van der Waals surface area contributed by atoms with Crippen molar-refractivity contribution in [3.8, 4) is 0 Å². The molecule has 0 bridgehead atoms. The summed E-state index contributed by atoms with van der Waals surface area (Å²) in [7, 11) is 2.87. The van der Waals surface area contributed by atoms with Gasteiger partial charge in [0.25, 0.3) is 0 Å². The summed E-state index contributed by atoms with van der Waals surface area (Å²) in [4.78, 5) is 37.7. The molecule has 1 amide bonds. The van der Waals surface area contributed by atoms with Crippen molar-refractivity contribution < 1.29 is 24.2 Å². The number of aryl methyl sites for hydroxylation is 1. The lowest BCUT2D eigenvalue weighted by atomic mass is 9.86. The van der Waals surface area contributed by atoms with Gasteiger partial charge in [-0.1, -0.05) is 24.3 Å². The summed E-state index contributed by atoms with van der Waals surface area (Å²) in [5.41, 5.74) is 8.11. The molecule has 7 heteroatoms. The molecule has 1 aromatic carbocycles. The van der Waals surface area contributed by atoms with Gasteiger partial charge in [-0.15, -0.1) is 0 Å². The van der Waals surface area contributed by atoms with Crippen molar-refractivity contribution in [2.24, 2.45) is 11.7 Å². The number of aliphatic hydroxyl groups is 1. The van der Waals surface area contributed by atoms with E-state index < -0.39 is 11.9 Å². The first-order valence-electron chi connectivity index (χ1n) is 8.57. The summed E-state index contributed by atoms with van der Waals surface area (Å²) in [5, 5.41) is 9.43. The molecule has 7 nitrogen and oxygen atoms in total. The van der Waals surface area contributed by atoms with E-state index in [0.717, 1.165) is 11.1 Å². The molecule has 1 aliphatic heterocycles. The van der Waals surface area contributed by atoms with E-state index in [4.69, 9.17) is 5.73 Å². The molecule has 27 heavy (non-hydrogen) atoms. The second-order valence-corrected chi connectivity index (χ2v) is 6.41. The van der Waals surface area contributed by atoms with Gasteiger partial charge in [-0.3, -0.25) is 9.59 Å². The average Bonchev–Trinajstić information content (AvgIpc) is 2.67. The molecule has 0 saturated heterocycles. The fourth-order valence-electron chi connectivity index (χ4n) is 3.00. The van der Waals surface area contributed by atoms with E-state index in [9.17, 15) is 19.5 Å². The summed E-state index contributed by atoms with van der Waals surface area (Å²) in [6.45, 7) is 1.28. The summed E-state index contributed by atoms with van der Waals surface area (Å²) < 4.78 is 4.55. The highest BCUT2D eigenvalue weighted by molar-refractivity contribution is 6.13. The lowest BCUT2D eigenvalue weighted by Crippen LogP contribution is -2.43. The number of Topliss-reactive ketones (excluding diaryl/α,β-unsaturated/α-hetero) is 1. The van der Waals surface area contributed by atoms with Gasteiger partial charge in [0.05, 0.1) is 13.7 Å². The van der Waals surface area contributed by atoms with Crippen LogP contribution in [0.1, 0.15) is 24.5 Å². The number of nitrogens with two attached hydrogens (primary N) is 1. The van der Waals surface area contributed by atoms with Crippen molar-refractivity contribution >= 4 is 23.7 Å². The van der Waals surface area contributed by atoms with Crippen LogP contribution in [0.3, 0.4) is 0 Å². The van der Waals surface area contributed by atoms with Crippen molar-refractivity contribution in [1.82, 2.24) is 4.90 Å². The van der Waals surface area contributed by atoms with Crippen LogP contribution in [-0.4, -0.2) is 48.4 Å². The van der Waals surface area contributed by atoms with Gasteiger partial charge in [-0.2, -0.15) is 0 Å². The van der Waals surface area contributed by atoms with E-state index in [1.807, 2.05) is 12.1 Å². The molecule has 1 aromatic rings. The normalized spacial score (nSPS) is 18.1. The Kier molecular flexibility index (Phi) is 6.52. The van der Waals surface area contributed by atoms with Gasteiger partial charge in [-0.25, -0.2) is 4.79 Å². The Labute approximate surface area is 158 Å². The van der Waals surface area contributed by atoms with Gasteiger partial charge in [0.2, 0.25) is 5.91 Å². The van der Waals surface area contributed by atoms with Crippen molar-refractivity contribution in [2.45, 2.75) is 19.8 Å². The van der Waals surface area contributed by atoms with E-state index in [1.165, 1.54) is 18.1 Å². The zero-order valence-electron chi connectivity index (χ0n) is 15.7. The minimum atomic E-state index is -0.782. The number of rotatable bonds is 6. The molecular formula is C20H24N2O5. The van der Waals surface area contributed by atoms with E-state index in [0.29, 0.717) is 24.1 Å². The quantitative estimate of drug-likeness (QED) is 0.438. The number of ketones is 1. The van der Waals surface area contributed by atoms with Gasteiger partial charge in [0, 0.05) is 18.3 Å². The Balaban J connectivity index is 2.08. The largest absolute Gasteiger partial charge is 0.464 e. The maximum absolute atomic E-state index is 12.5. The number of aliphatic hydroxyl groups excluding tert-OH is 1. The molecular weight excluding hydrogens is 348 g/mol. The number of hydrogen-bond donors (Lipinski definition) is 2. The Morgan fingerprint density at radius 3 is 2.48 bits per heavy atom. The van der Waals surface area contributed by atoms with Crippen LogP contribution in [-0.2, 0) is 25.5 Å². The standard InChI is InChI=1S/C20H24N2O5/c1-12-16(11-23)18(24)15(19(25)22(12)2)9-8-13-4-6-14(7-5-13)10-17(21)20(26)27-3/h4-7,10,15,23H,8-9,11,21H2,1-3H3/b17-10+. The Morgan fingerprint density at radius 1 is 1.30 bits per heavy atom. The predicted molar refractivity (Wildman–Crippen MR) is 100.0 cm³/mol. The van der Waals surface area contributed by atoms with Crippen LogP contribution in [0.4, 0.5) is 0 Å². The van der Waals surface area contributed by atoms with Crippen LogP contribution < -0.4 is 5.73 Å². The number of amides is 1. The number of carbonyl (C=O) groups is 3. The molecule has 0 spiro atoms. The molecule has 0 saturated carbocycles. The van der Waals surface area contributed by atoms with Crippen LogP contribution in [0.15, 0.2) is 41.2 Å². The lowest BCUT2D eigenvalue weighted by molar-refractivity contribution is -0.140. The first-order valence-corrected chi connectivity index (χ1v) is 8.57. The Hall–Kier alpha value is -2.93. The lowest BCUT2D eigenvalue weighted by Gasteiger charge is -2.30. The third-order valence-electron chi connectivity index (χ3n) is 4.79. The van der Waals surface area contributed by atoms with Gasteiger partial charge < -0.3 is 20.5 Å². The fourth-order valence-corrected chi connectivity index (χ4v) is 3.00. The SMILES string of the molecule is COC(=O)/C(N)=C\c1ccc(CCC2C(=O)C(CO)=C(C)N(C)C2=O)cc1. The molecule has 0 aromatic heterocycles. The monoisotopic (exact) mass is 372 g/mol. The maximum Gasteiger partial charge on any atom is 0.353 e. The number of hydrogen-bond acceptors (Lipinski definition) is 6. The predicted octanol–water partition coefficient (Wildman–Crippen LogP) is 1.02. The summed E-state index contributed by atoms with van der Waals surface area (Å²) in [6.07, 6.45) is 2.41. The van der Waals surface area contributed by atoms with Crippen LogP contribution in [0.25, 0.3) is 6.08 Å². The Morgan fingerprint density at radius 2 is 1.93 bits per heavy atom. The average molecular weight is 372 g/mol. The molecule has 1 unspecified atom stereocenters. The van der Waals surface area contributed by atoms with Crippen molar-refractivity contribution in [3.63, 3.8) is 0 Å². The van der Waals surface area contributed by atoms with Crippen molar-refractivity contribution in [3.05, 3.63) is 52.4 Å². The van der Waals surface area contributed by atoms with E-state index in [2.05, 4.69) is 4.74 Å². The zero-order chi connectivity index (χ0) is 20.1. The van der Waals surface area contributed by atoms with Gasteiger partial charge in [-0.05, 0) is 37.0 Å². The minimum absolute atomic E-state index is 0.00498. The highest BCUT2D eigenvalue weighted by Crippen LogP contribution is 2.26. The topological polar surface area (TPSA) is 110 Å². The highest BCUT2D eigenvalue weighted by atomic mass is 16.5. The van der Waals surface area contributed by atoms with Crippen LogP contribution in [0.2, 0.25) is 0 Å². The smallest absolute Gasteiger partial charge is 0.353 e. The molecule has 1 heterocycles. The molecule has 144 valence electrons. The summed E-state index contributed by atoms with van der Waals surface area (Å²) in [5.74, 6) is -1.93. The van der Waals surface area contributed by atoms with Crippen LogP contribution in [0, 0.1) is 5.92 Å². The molecule has 3 N–H and O–H groups in total. The van der Waals surface area contributed by atoms with Gasteiger partial charge >= 0.3 is 5.97 Å². The number of carbonyl (C=O) groups excluding carboxylic acids is 3. The van der Waals surface area contributed by atoms with Gasteiger partial charge in [0.1, 0.15) is 11.6 Å². The second kappa shape index (κ2) is 8.64. The molecule has 1 atom stereocenters.